The molecule has 2 rings (SSSR count). The van der Waals surface area contributed by atoms with Crippen molar-refractivity contribution in [2.45, 2.75) is 38.3 Å². The van der Waals surface area contributed by atoms with Crippen LogP contribution in [0.2, 0.25) is 0 Å². The van der Waals surface area contributed by atoms with Crippen LogP contribution in [0.3, 0.4) is 0 Å². The van der Waals surface area contributed by atoms with Crippen LogP contribution in [0.5, 0.6) is 0 Å². The minimum absolute atomic E-state index is 0. The van der Waals surface area contributed by atoms with E-state index >= 15 is 0 Å². The second-order valence-electron chi connectivity index (χ2n) is 6.56. The second-order valence-corrected chi connectivity index (χ2v) is 6.56. The SMILES string of the molecule is CN(C)C(=O)c1ccc(CN2CCCCC2CNC(=O)CCN)[nH]1.Cl. The Bertz CT molecular complexity index is 561. The van der Waals surface area contributed by atoms with Gasteiger partial charge in [-0.05, 0) is 31.5 Å². The first-order chi connectivity index (χ1) is 11.5. The molecule has 1 aliphatic rings. The van der Waals surface area contributed by atoms with Gasteiger partial charge in [0.05, 0.1) is 0 Å². The lowest BCUT2D eigenvalue weighted by Gasteiger charge is -2.35. The van der Waals surface area contributed by atoms with Crippen LogP contribution in [0.1, 0.15) is 41.9 Å². The number of carbonyl (C=O) groups is 2. The average Bonchev–Trinajstić information content (AvgIpc) is 3.02. The normalized spacial score (nSPS) is 17.6. The quantitative estimate of drug-likeness (QED) is 0.665. The predicted octanol–water partition coefficient (Wildman–Crippen LogP) is 0.958. The monoisotopic (exact) mass is 371 g/mol. The van der Waals surface area contributed by atoms with E-state index in [1.54, 1.807) is 19.0 Å². The van der Waals surface area contributed by atoms with Crippen molar-refractivity contribution in [3.8, 4) is 0 Å². The van der Waals surface area contributed by atoms with Gasteiger partial charge in [-0.3, -0.25) is 14.5 Å². The molecule has 1 aliphatic heterocycles. The van der Waals surface area contributed by atoms with Gasteiger partial charge in [0, 0.05) is 51.9 Å². The lowest BCUT2D eigenvalue weighted by molar-refractivity contribution is -0.121. The van der Waals surface area contributed by atoms with Gasteiger partial charge >= 0.3 is 0 Å². The van der Waals surface area contributed by atoms with E-state index in [4.69, 9.17) is 5.73 Å². The average molecular weight is 372 g/mol. The Morgan fingerprint density at radius 2 is 2.12 bits per heavy atom. The molecule has 25 heavy (non-hydrogen) atoms. The summed E-state index contributed by atoms with van der Waals surface area (Å²) in [5, 5.41) is 2.98. The Morgan fingerprint density at radius 1 is 1.36 bits per heavy atom. The fraction of sp³-hybridized carbons (Fsp3) is 0.647. The van der Waals surface area contributed by atoms with E-state index in [0.29, 0.717) is 31.2 Å². The third-order valence-electron chi connectivity index (χ3n) is 4.41. The number of piperidine rings is 1. The van der Waals surface area contributed by atoms with Crippen molar-refractivity contribution < 1.29 is 9.59 Å². The molecule has 2 heterocycles. The lowest BCUT2D eigenvalue weighted by Crippen LogP contribution is -2.46. The summed E-state index contributed by atoms with van der Waals surface area (Å²) in [5.41, 5.74) is 7.05. The van der Waals surface area contributed by atoms with Crippen molar-refractivity contribution in [1.29, 1.82) is 0 Å². The van der Waals surface area contributed by atoms with Crippen molar-refractivity contribution in [3.05, 3.63) is 23.5 Å². The molecule has 1 unspecified atom stereocenters. The first-order valence-electron chi connectivity index (χ1n) is 8.61. The molecular weight excluding hydrogens is 342 g/mol. The van der Waals surface area contributed by atoms with Crippen molar-refractivity contribution in [3.63, 3.8) is 0 Å². The van der Waals surface area contributed by atoms with Gasteiger partial charge in [-0.1, -0.05) is 6.42 Å². The number of carbonyl (C=O) groups excluding carboxylic acids is 2. The maximum atomic E-state index is 12.0. The zero-order valence-electron chi connectivity index (χ0n) is 15.1. The van der Waals surface area contributed by atoms with Crippen molar-refractivity contribution in [1.82, 2.24) is 20.1 Å². The van der Waals surface area contributed by atoms with Crippen molar-refractivity contribution in [2.24, 2.45) is 5.73 Å². The smallest absolute Gasteiger partial charge is 0.269 e. The molecule has 0 spiro atoms. The summed E-state index contributed by atoms with van der Waals surface area (Å²) in [6.07, 6.45) is 3.80. The van der Waals surface area contributed by atoms with E-state index < -0.39 is 0 Å². The van der Waals surface area contributed by atoms with Crippen LogP contribution < -0.4 is 11.1 Å². The number of rotatable bonds is 7. The van der Waals surface area contributed by atoms with E-state index in [0.717, 1.165) is 31.6 Å². The molecular formula is C17H30ClN5O2. The van der Waals surface area contributed by atoms with Gasteiger partial charge in [0.1, 0.15) is 5.69 Å². The predicted molar refractivity (Wildman–Crippen MR) is 101 cm³/mol. The Labute approximate surface area is 155 Å². The molecule has 1 aromatic rings. The molecule has 0 bridgehead atoms. The minimum Gasteiger partial charge on any atom is -0.354 e. The van der Waals surface area contributed by atoms with Crippen LogP contribution in [0, 0.1) is 0 Å². The van der Waals surface area contributed by atoms with Crippen molar-refractivity contribution in [2.75, 3.05) is 33.7 Å². The van der Waals surface area contributed by atoms with Gasteiger partial charge in [0.25, 0.3) is 5.91 Å². The number of halogens is 1. The fourth-order valence-corrected chi connectivity index (χ4v) is 3.07. The van der Waals surface area contributed by atoms with Gasteiger partial charge in [-0.2, -0.15) is 0 Å². The Balaban J connectivity index is 0.00000312. The molecule has 1 saturated heterocycles. The molecule has 7 nitrogen and oxygen atoms in total. The highest BCUT2D eigenvalue weighted by molar-refractivity contribution is 5.92. The fourth-order valence-electron chi connectivity index (χ4n) is 3.07. The number of aromatic nitrogens is 1. The number of nitrogens with two attached hydrogens (primary N) is 1. The summed E-state index contributed by atoms with van der Waals surface area (Å²) in [6, 6.07) is 4.13. The van der Waals surface area contributed by atoms with Crippen molar-refractivity contribution >= 4 is 24.2 Å². The highest BCUT2D eigenvalue weighted by Crippen LogP contribution is 2.19. The number of hydrogen-bond donors (Lipinski definition) is 3. The zero-order chi connectivity index (χ0) is 17.5. The minimum atomic E-state index is -0.0227. The van der Waals surface area contributed by atoms with Crippen LogP contribution in [0.15, 0.2) is 12.1 Å². The molecule has 8 heteroatoms. The van der Waals surface area contributed by atoms with Crippen LogP contribution >= 0.6 is 12.4 Å². The number of nitrogens with one attached hydrogen (secondary N) is 2. The van der Waals surface area contributed by atoms with E-state index in [1.807, 2.05) is 12.1 Å². The third kappa shape index (κ3) is 6.34. The standard InChI is InChI=1S/C17H29N5O2.ClH/c1-21(2)17(24)15-7-6-13(20-15)12-22-10-4-3-5-14(22)11-19-16(23)8-9-18;/h6-7,14,20H,3-5,8-12,18H2,1-2H3,(H,19,23);1H. The topological polar surface area (TPSA) is 94.5 Å². The largest absolute Gasteiger partial charge is 0.354 e. The third-order valence-corrected chi connectivity index (χ3v) is 4.41. The number of amides is 2. The number of nitrogens with zero attached hydrogens (tertiary/aromatic N) is 2. The first-order valence-corrected chi connectivity index (χ1v) is 8.61. The maximum Gasteiger partial charge on any atom is 0.269 e. The second kappa shape index (κ2) is 10.4. The van der Waals surface area contributed by atoms with Gasteiger partial charge in [0.15, 0.2) is 0 Å². The number of hydrogen-bond acceptors (Lipinski definition) is 4. The molecule has 0 aliphatic carbocycles. The van der Waals surface area contributed by atoms with Gasteiger partial charge in [0.2, 0.25) is 5.91 Å². The summed E-state index contributed by atoms with van der Waals surface area (Å²) in [4.78, 5) is 30.8. The number of aromatic amines is 1. The van der Waals surface area contributed by atoms with Gasteiger partial charge in [-0.25, -0.2) is 0 Å². The maximum absolute atomic E-state index is 12.0. The number of H-pyrrole nitrogens is 1. The summed E-state index contributed by atoms with van der Waals surface area (Å²) in [5.74, 6) is -0.00717. The van der Waals surface area contributed by atoms with E-state index in [9.17, 15) is 9.59 Å². The molecule has 1 atom stereocenters. The summed E-state index contributed by atoms with van der Waals surface area (Å²) < 4.78 is 0. The van der Waals surface area contributed by atoms with E-state index in [1.165, 1.54) is 6.42 Å². The van der Waals surface area contributed by atoms with E-state index in [-0.39, 0.29) is 24.2 Å². The highest BCUT2D eigenvalue weighted by Gasteiger charge is 2.23. The lowest BCUT2D eigenvalue weighted by atomic mass is 10.0. The van der Waals surface area contributed by atoms with Crippen LogP contribution in [-0.2, 0) is 11.3 Å². The first kappa shape index (κ1) is 21.5. The molecule has 0 saturated carbocycles. The summed E-state index contributed by atoms with van der Waals surface area (Å²) in [6.45, 7) is 2.81. The van der Waals surface area contributed by atoms with Gasteiger partial charge in [-0.15, -0.1) is 12.4 Å². The Morgan fingerprint density at radius 3 is 2.80 bits per heavy atom. The van der Waals surface area contributed by atoms with E-state index in [2.05, 4.69) is 15.2 Å². The van der Waals surface area contributed by atoms with Crippen LogP contribution in [0.4, 0.5) is 0 Å². The molecule has 142 valence electrons. The summed E-state index contributed by atoms with van der Waals surface area (Å²) >= 11 is 0. The highest BCUT2D eigenvalue weighted by atomic mass is 35.5. The Hall–Kier alpha value is -1.57. The molecule has 0 radical (unpaired) electrons. The zero-order valence-corrected chi connectivity index (χ0v) is 15.9. The summed E-state index contributed by atoms with van der Waals surface area (Å²) in [7, 11) is 3.49. The molecule has 1 aromatic heterocycles. The number of likely N-dealkylation sites (tertiary alicyclic amines) is 1. The van der Waals surface area contributed by atoms with Crippen LogP contribution in [0.25, 0.3) is 0 Å². The molecule has 2 amide bonds. The van der Waals surface area contributed by atoms with Crippen LogP contribution in [-0.4, -0.2) is 66.4 Å². The molecule has 0 aromatic carbocycles. The molecule has 1 fully saturated rings. The van der Waals surface area contributed by atoms with Gasteiger partial charge < -0.3 is 20.9 Å². The Kier molecular flexibility index (Phi) is 8.96. The molecule has 4 N–H and O–H groups in total.